The van der Waals surface area contributed by atoms with Gasteiger partial charge in [-0.05, 0) is 31.0 Å². The van der Waals surface area contributed by atoms with Crippen LogP contribution in [0.2, 0.25) is 0 Å². The van der Waals surface area contributed by atoms with Crippen molar-refractivity contribution >= 4 is 12.1 Å². The molecule has 9 nitrogen and oxygen atoms in total. The third-order valence-electron chi connectivity index (χ3n) is 3.80. The molecule has 1 aliphatic heterocycles. The molecule has 2 unspecified atom stereocenters. The molecule has 0 aliphatic carbocycles. The fourth-order valence-electron chi connectivity index (χ4n) is 2.15. The van der Waals surface area contributed by atoms with E-state index in [0.717, 1.165) is 5.56 Å². The highest BCUT2D eigenvalue weighted by Gasteiger charge is 2.20. The number of esters is 1. The molecule has 1 aromatic carbocycles. The van der Waals surface area contributed by atoms with E-state index in [1.165, 1.54) is 4.90 Å². The Morgan fingerprint density at radius 3 is 2.76 bits per heavy atom. The minimum absolute atomic E-state index is 0.164. The number of aliphatic hydroxyl groups is 1. The lowest BCUT2D eigenvalue weighted by Crippen LogP contribution is -2.39. The maximum Gasteiger partial charge on any atom is 0.412 e. The van der Waals surface area contributed by atoms with Gasteiger partial charge in [-0.2, -0.15) is 0 Å². The van der Waals surface area contributed by atoms with E-state index in [1.54, 1.807) is 7.05 Å². The Bertz CT molecular complexity index is 623. The summed E-state index contributed by atoms with van der Waals surface area (Å²) in [7, 11) is 1.58. The van der Waals surface area contributed by atoms with Gasteiger partial charge in [-0.25, -0.2) is 4.79 Å². The number of nitrogens with zero attached hydrogens (tertiary/aromatic N) is 1. The topological polar surface area (TPSA) is 121 Å². The zero-order valence-electron chi connectivity index (χ0n) is 14.1. The Balaban J connectivity index is 1.79. The molecule has 9 heteroatoms. The SMILES string of the molecule is CC(Cc1ccc2c(c1)OCO2)N(C)C(=O)OCOC(=O)C(N)CO. The summed E-state index contributed by atoms with van der Waals surface area (Å²) in [6.07, 6.45) is -0.0594. The molecule has 0 radical (unpaired) electrons. The Hall–Kier alpha value is -2.52. The van der Waals surface area contributed by atoms with Gasteiger partial charge in [0, 0.05) is 13.1 Å². The van der Waals surface area contributed by atoms with Gasteiger partial charge in [-0.1, -0.05) is 6.07 Å². The predicted octanol–water partition coefficient (Wildman–Crippen LogP) is 0.235. The lowest BCUT2D eigenvalue weighted by molar-refractivity contribution is -0.154. The largest absolute Gasteiger partial charge is 0.454 e. The van der Waals surface area contributed by atoms with Crippen LogP contribution in [0.5, 0.6) is 11.5 Å². The minimum atomic E-state index is -1.15. The van der Waals surface area contributed by atoms with Gasteiger partial charge in [0.25, 0.3) is 0 Å². The second kappa shape index (κ2) is 8.54. The maximum absolute atomic E-state index is 12.0. The van der Waals surface area contributed by atoms with Crippen molar-refractivity contribution < 1.29 is 33.6 Å². The van der Waals surface area contributed by atoms with E-state index in [-0.39, 0.29) is 12.8 Å². The van der Waals surface area contributed by atoms with E-state index in [2.05, 4.69) is 4.74 Å². The summed E-state index contributed by atoms with van der Waals surface area (Å²) >= 11 is 0. The number of carbonyl (C=O) groups excluding carboxylic acids is 2. The Labute approximate surface area is 145 Å². The van der Waals surface area contributed by atoms with Crippen molar-refractivity contribution in [2.45, 2.75) is 25.4 Å². The van der Waals surface area contributed by atoms with Crippen LogP contribution in [0.25, 0.3) is 0 Å². The van der Waals surface area contributed by atoms with Crippen molar-refractivity contribution in [2.75, 3.05) is 27.2 Å². The van der Waals surface area contributed by atoms with Crippen LogP contribution in [0.4, 0.5) is 4.79 Å². The lowest BCUT2D eigenvalue weighted by Gasteiger charge is -2.24. The highest BCUT2D eigenvalue weighted by molar-refractivity contribution is 5.75. The highest BCUT2D eigenvalue weighted by atomic mass is 16.7. The number of fused-ring (bicyclic) bond motifs is 1. The fourth-order valence-corrected chi connectivity index (χ4v) is 2.15. The zero-order valence-corrected chi connectivity index (χ0v) is 14.1. The summed E-state index contributed by atoms with van der Waals surface area (Å²) in [4.78, 5) is 24.6. The van der Waals surface area contributed by atoms with Crippen molar-refractivity contribution in [3.63, 3.8) is 0 Å². The molecular weight excluding hydrogens is 332 g/mol. The van der Waals surface area contributed by atoms with Crippen LogP contribution in [0, 0.1) is 0 Å². The summed E-state index contributed by atoms with van der Waals surface area (Å²) in [5.41, 5.74) is 6.25. The molecule has 138 valence electrons. The standard InChI is InChI=1S/C16H22N2O7/c1-10(5-11-3-4-13-14(6-11)23-8-22-13)18(2)16(21)25-9-24-15(20)12(17)7-19/h3-4,6,10,12,19H,5,7-9,17H2,1-2H3. The smallest absolute Gasteiger partial charge is 0.412 e. The quantitative estimate of drug-likeness (QED) is 0.527. The minimum Gasteiger partial charge on any atom is -0.454 e. The van der Waals surface area contributed by atoms with Crippen LogP contribution in [-0.2, 0) is 20.7 Å². The first-order chi connectivity index (χ1) is 11.9. The number of ether oxygens (including phenoxy) is 4. The van der Waals surface area contributed by atoms with Gasteiger partial charge in [0.1, 0.15) is 6.04 Å². The maximum atomic E-state index is 12.0. The van der Waals surface area contributed by atoms with Crippen LogP contribution in [0.1, 0.15) is 12.5 Å². The van der Waals surface area contributed by atoms with Gasteiger partial charge >= 0.3 is 12.1 Å². The molecular formula is C16H22N2O7. The van der Waals surface area contributed by atoms with Gasteiger partial charge in [-0.15, -0.1) is 0 Å². The van der Waals surface area contributed by atoms with E-state index in [0.29, 0.717) is 17.9 Å². The van der Waals surface area contributed by atoms with Crippen molar-refractivity contribution in [3.05, 3.63) is 23.8 Å². The lowest BCUT2D eigenvalue weighted by atomic mass is 10.1. The summed E-state index contributed by atoms with van der Waals surface area (Å²) in [5.74, 6) is 0.542. The predicted molar refractivity (Wildman–Crippen MR) is 86.0 cm³/mol. The zero-order chi connectivity index (χ0) is 18.4. The number of aliphatic hydroxyl groups excluding tert-OH is 1. The summed E-state index contributed by atoms with van der Waals surface area (Å²) in [6, 6.07) is 4.29. The molecule has 25 heavy (non-hydrogen) atoms. The summed E-state index contributed by atoms with van der Waals surface area (Å²) < 4.78 is 20.1. The van der Waals surface area contributed by atoms with Gasteiger partial charge in [0.05, 0.1) is 6.61 Å². The first-order valence-corrected chi connectivity index (χ1v) is 7.73. The number of hydrogen-bond acceptors (Lipinski definition) is 8. The molecule has 1 heterocycles. The normalized spacial score (nSPS) is 14.6. The van der Waals surface area contributed by atoms with Gasteiger partial charge < -0.3 is 34.7 Å². The molecule has 1 amide bonds. The Morgan fingerprint density at radius 1 is 1.32 bits per heavy atom. The Kier molecular flexibility index (Phi) is 6.43. The van der Waals surface area contributed by atoms with Gasteiger partial charge in [0.2, 0.25) is 13.6 Å². The molecule has 2 atom stereocenters. The second-order valence-corrected chi connectivity index (χ2v) is 5.63. The van der Waals surface area contributed by atoms with Crippen molar-refractivity contribution in [3.8, 4) is 11.5 Å². The molecule has 0 bridgehead atoms. The molecule has 0 saturated heterocycles. The average molecular weight is 354 g/mol. The molecule has 3 N–H and O–H groups in total. The average Bonchev–Trinajstić information content (AvgIpc) is 3.07. The summed E-state index contributed by atoms with van der Waals surface area (Å²) in [6.45, 7) is 0.963. The molecule has 2 rings (SSSR count). The molecule has 0 aromatic heterocycles. The van der Waals surface area contributed by atoms with E-state index >= 15 is 0 Å². The molecule has 1 aromatic rings. The van der Waals surface area contributed by atoms with Crippen molar-refractivity contribution in [1.29, 1.82) is 0 Å². The number of rotatable bonds is 7. The number of benzene rings is 1. The van der Waals surface area contributed by atoms with E-state index in [9.17, 15) is 9.59 Å². The first-order valence-electron chi connectivity index (χ1n) is 7.73. The molecule has 0 fully saturated rings. The van der Waals surface area contributed by atoms with E-state index in [4.69, 9.17) is 25.1 Å². The van der Waals surface area contributed by atoms with Crippen LogP contribution in [0.15, 0.2) is 18.2 Å². The first kappa shape index (κ1) is 18.8. The van der Waals surface area contributed by atoms with E-state index in [1.807, 2.05) is 25.1 Å². The number of nitrogens with two attached hydrogens (primary N) is 1. The van der Waals surface area contributed by atoms with Crippen LogP contribution in [-0.4, -0.2) is 61.4 Å². The van der Waals surface area contributed by atoms with Gasteiger partial charge in [0.15, 0.2) is 11.5 Å². The molecule has 1 aliphatic rings. The molecule has 0 saturated carbocycles. The van der Waals surface area contributed by atoms with Crippen LogP contribution >= 0.6 is 0 Å². The third-order valence-corrected chi connectivity index (χ3v) is 3.80. The van der Waals surface area contributed by atoms with Crippen LogP contribution in [0.3, 0.4) is 0 Å². The van der Waals surface area contributed by atoms with Crippen molar-refractivity contribution in [1.82, 2.24) is 4.90 Å². The number of likely N-dealkylation sites (N-methyl/N-ethyl adjacent to an activating group) is 1. The second-order valence-electron chi connectivity index (χ2n) is 5.63. The number of hydrogen-bond donors (Lipinski definition) is 2. The third kappa shape index (κ3) is 4.97. The van der Waals surface area contributed by atoms with Crippen molar-refractivity contribution in [2.24, 2.45) is 5.73 Å². The van der Waals surface area contributed by atoms with Gasteiger partial charge in [-0.3, -0.25) is 4.79 Å². The Morgan fingerprint density at radius 2 is 2.04 bits per heavy atom. The number of carbonyl (C=O) groups is 2. The van der Waals surface area contributed by atoms with E-state index < -0.39 is 31.5 Å². The molecule has 0 spiro atoms. The monoisotopic (exact) mass is 354 g/mol. The highest BCUT2D eigenvalue weighted by Crippen LogP contribution is 2.32. The van der Waals surface area contributed by atoms with Crippen LogP contribution < -0.4 is 15.2 Å². The number of amides is 1. The fraction of sp³-hybridized carbons (Fsp3) is 0.500. The summed E-state index contributed by atoms with van der Waals surface area (Å²) in [5, 5.41) is 8.71.